The normalized spacial score (nSPS) is 23.0. The fourth-order valence-corrected chi connectivity index (χ4v) is 5.68. The summed E-state index contributed by atoms with van der Waals surface area (Å²) in [5.41, 5.74) is 9.43. The first-order chi connectivity index (χ1) is 17.0. The van der Waals surface area contributed by atoms with Gasteiger partial charge in [0.1, 0.15) is 5.82 Å². The average molecular weight is 515 g/mol. The van der Waals surface area contributed by atoms with Gasteiger partial charge in [-0.15, -0.1) is 22.2 Å². The number of aromatic nitrogens is 5. The number of nitrogens with zero attached hydrogens (tertiary/aromatic N) is 7. The third kappa shape index (κ3) is 3.86. The molecule has 3 aliphatic rings. The summed E-state index contributed by atoms with van der Waals surface area (Å²) in [7, 11) is 1.34. The predicted octanol–water partition coefficient (Wildman–Crippen LogP) is 2.67. The molecule has 2 N–H and O–H groups in total. The number of carbonyl (C=O) groups excluding carboxylic acids is 1. The Labute approximate surface area is 215 Å². The Hall–Kier alpha value is -3.02. The lowest BCUT2D eigenvalue weighted by Gasteiger charge is -2.41. The molecule has 0 bridgehead atoms. The van der Waals surface area contributed by atoms with Gasteiger partial charge in [-0.05, 0) is 44.7 Å². The van der Waals surface area contributed by atoms with E-state index in [1.807, 2.05) is 19.1 Å². The van der Waals surface area contributed by atoms with Gasteiger partial charge in [0.2, 0.25) is 0 Å². The number of piperidine rings is 1. The van der Waals surface area contributed by atoms with Crippen LogP contribution in [0.5, 0.6) is 0 Å². The molecule has 36 heavy (non-hydrogen) atoms. The van der Waals surface area contributed by atoms with Crippen LogP contribution in [0.25, 0.3) is 11.2 Å². The molecule has 3 aromatic heterocycles. The molecule has 11 nitrogen and oxygen atoms in total. The largest absolute Gasteiger partial charge is 0.451 e. The summed E-state index contributed by atoms with van der Waals surface area (Å²) < 4.78 is 12.1. The fourth-order valence-electron chi connectivity index (χ4n) is 5.68. The van der Waals surface area contributed by atoms with E-state index in [0.29, 0.717) is 29.4 Å². The SMILES string of the molecule is COC(=O)n1nc(N2CCCc3ncccc32)c2ncc(N3CCC4(CC3)CO[C@@H](C)[C@H]4N)nc21.Cl. The third-order valence-electron chi connectivity index (χ3n) is 7.83. The maximum absolute atomic E-state index is 12.6. The van der Waals surface area contributed by atoms with Gasteiger partial charge in [0.15, 0.2) is 17.0 Å². The molecule has 1 spiro atoms. The molecular formula is C24H31ClN8O3. The Bertz CT molecular complexity index is 1280. The van der Waals surface area contributed by atoms with Gasteiger partial charge in [-0.1, -0.05) is 0 Å². The number of hydrogen-bond acceptors (Lipinski definition) is 10. The zero-order valence-corrected chi connectivity index (χ0v) is 21.3. The van der Waals surface area contributed by atoms with E-state index in [1.165, 1.54) is 11.8 Å². The zero-order chi connectivity index (χ0) is 24.2. The van der Waals surface area contributed by atoms with Crippen molar-refractivity contribution >= 4 is 47.0 Å². The van der Waals surface area contributed by atoms with Crippen molar-refractivity contribution in [1.29, 1.82) is 0 Å². The number of carbonyl (C=O) groups is 1. The van der Waals surface area contributed by atoms with Crippen LogP contribution in [-0.2, 0) is 15.9 Å². The van der Waals surface area contributed by atoms with E-state index >= 15 is 0 Å². The van der Waals surface area contributed by atoms with Crippen LogP contribution in [0, 0.1) is 5.41 Å². The number of rotatable bonds is 2. The van der Waals surface area contributed by atoms with Crippen molar-refractivity contribution in [2.45, 2.75) is 44.8 Å². The molecule has 192 valence electrons. The molecule has 3 aromatic rings. The fraction of sp³-hybridized carbons (Fsp3) is 0.542. The van der Waals surface area contributed by atoms with Gasteiger partial charge in [0.05, 0.1) is 37.4 Å². The van der Waals surface area contributed by atoms with Crippen molar-refractivity contribution in [1.82, 2.24) is 24.7 Å². The average Bonchev–Trinajstić information content (AvgIpc) is 3.41. The first kappa shape index (κ1) is 24.7. The van der Waals surface area contributed by atoms with Crippen LogP contribution >= 0.6 is 12.4 Å². The van der Waals surface area contributed by atoms with Crippen LogP contribution in [0.15, 0.2) is 24.5 Å². The highest BCUT2D eigenvalue weighted by molar-refractivity contribution is 5.93. The molecule has 3 aliphatic heterocycles. The molecule has 6 heterocycles. The minimum Gasteiger partial charge on any atom is -0.451 e. The van der Waals surface area contributed by atoms with Crippen LogP contribution in [0.3, 0.4) is 0 Å². The first-order valence-corrected chi connectivity index (χ1v) is 12.2. The first-order valence-electron chi connectivity index (χ1n) is 12.2. The van der Waals surface area contributed by atoms with Crippen LogP contribution < -0.4 is 15.5 Å². The Morgan fingerprint density at radius 1 is 1.25 bits per heavy atom. The lowest BCUT2D eigenvalue weighted by atomic mass is 9.73. The minimum absolute atomic E-state index is 0. The second-order valence-corrected chi connectivity index (χ2v) is 9.72. The van der Waals surface area contributed by atoms with Gasteiger partial charge < -0.3 is 25.0 Å². The number of methoxy groups -OCH3 is 1. The molecule has 0 amide bonds. The number of aryl methyl sites for hydroxylation is 1. The molecule has 0 radical (unpaired) electrons. The molecule has 6 rings (SSSR count). The summed E-state index contributed by atoms with van der Waals surface area (Å²) >= 11 is 0. The van der Waals surface area contributed by atoms with Crippen molar-refractivity contribution in [3.05, 3.63) is 30.2 Å². The van der Waals surface area contributed by atoms with Gasteiger partial charge in [0.25, 0.3) is 0 Å². The quantitative estimate of drug-likeness (QED) is 0.545. The molecule has 12 heteroatoms. The summed E-state index contributed by atoms with van der Waals surface area (Å²) in [4.78, 5) is 31.0. The van der Waals surface area contributed by atoms with E-state index in [9.17, 15) is 4.79 Å². The lowest BCUT2D eigenvalue weighted by molar-refractivity contribution is 0.0974. The van der Waals surface area contributed by atoms with Crippen LogP contribution in [0.4, 0.5) is 22.1 Å². The summed E-state index contributed by atoms with van der Waals surface area (Å²) in [6.45, 7) is 5.11. The summed E-state index contributed by atoms with van der Waals surface area (Å²) in [5.74, 6) is 1.30. The Balaban J connectivity index is 0.00000267. The van der Waals surface area contributed by atoms with E-state index in [4.69, 9.17) is 25.2 Å². The lowest BCUT2D eigenvalue weighted by Crippen LogP contribution is -2.50. The molecular weight excluding hydrogens is 484 g/mol. The van der Waals surface area contributed by atoms with Crippen molar-refractivity contribution in [2.75, 3.05) is 43.2 Å². The number of anilines is 3. The maximum atomic E-state index is 12.6. The number of nitrogens with two attached hydrogens (primary N) is 1. The molecule has 0 unspecified atom stereocenters. The van der Waals surface area contributed by atoms with Crippen molar-refractivity contribution < 1.29 is 14.3 Å². The number of halogens is 1. The van der Waals surface area contributed by atoms with Gasteiger partial charge in [0, 0.05) is 37.3 Å². The van der Waals surface area contributed by atoms with Crippen molar-refractivity contribution in [3.8, 4) is 0 Å². The van der Waals surface area contributed by atoms with Gasteiger partial charge in [-0.3, -0.25) is 4.98 Å². The van der Waals surface area contributed by atoms with Crippen molar-refractivity contribution in [2.24, 2.45) is 11.1 Å². The van der Waals surface area contributed by atoms with Crippen LogP contribution in [0.1, 0.15) is 31.9 Å². The zero-order valence-electron chi connectivity index (χ0n) is 20.5. The minimum atomic E-state index is -0.600. The summed E-state index contributed by atoms with van der Waals surface area (Å²) in [6, 6.07) is 3.98. The maximum Gasteiger partial charge on any atom is 0.436 e. The Morgan fingerprint density at radius 2 is 2.06 bits per heavy atom. The number of fused-ring (bicyclic) bond motifs is 2. The van der Waals surface area contributed by atoms with E-state index in [1.54, 1.807) is 12.4 Å². The third-order valence-corrected chi connectivity index (χ3v) is 7.83. The van der Waals surface area contributed by atoms with Crippen LogP contribution in [-0.4, -0.2) is 76.3 Å². The monoisotopic (exact) mass is 514 g/mol. The standard InChI is InChI=1S/C24H30N8O3.ClH/c1-15-20(25)24(14-35-15)7-11-30(12-8-24)18-13-27-19-21(28-18)32(23(33)34-2)29-22(19)31-10-4-5-16-17(31)6-3-9-26-16;/h3,6,9,13,15,20H,4-5,7-8,10-12,14,25H2,1-2H3;1H/t15-,20+;/m0./s1. The molecule has 0 saturated carbocycles. The molecule has 2 saturated heterocycles. The Kier molecular flexibility index (Phi) is 6.48. The highest BCUT2D eigenvalue weighted by Gasteiger charge is 2.47. The number of pyridine rings is 1. The molecule has 0 aliphatic carbocycles. The molecule has 2 atom stereocenters. The molecule has 0 aromatic carbocycles. The summed E-state index contributed by atoms with van der Waals surface area (Å²) in [5, 5.41) is 4.61. The highest BCUT2D eigenvalue weighted by atomic mass is 35.5. The van der Waals surface area contributed by atoms with E-state index in [2.05, 4.69) is 19.9 Å². The number of hydrogen-bond donors (Lipinski definition) is 1. The van der Waals surface area contributed by atoms with Gasteiger partial charge in [-0.25, -0.2) is 14.8 Å². The molecule has 2 fully saturated rings. The Morgan fingerprint density at radius 3 is 2.78 bits per heavy atom. The van der Waals surface area contributed by atoms with Gasteiger partial charge in [-0.2, -0.15) is 0 Å². The second-order valence-electron chi connectivity index (χ2n) is 9.72. The van der Waals surface area contributed by atoms with Gasteiger partial charge >= 0.3 is 6.09 Å². The topological polar surface area (TPSA) is 125 Å². The van der Waals surface area contributed by atoms with E-state index in [-0.39, 0.29) is 30.0 Å². The second kappa shape index (κ2) is 9.45. The van der Waals surface area contributed by atoms with Crippen LogP contribution in [0.2, 0.25) is 0 Å². The van der Waals surface area contributed by atoms with E-state index in [0.717, 1.165) is 56.7 Å². The van der Waals surface area contributed by atoms with E-state index < -0.39 is 6.09 Å². The van der Waals surface area contributed by atoms with Crippen molar-refractivity contribution in [3.63, 3.8) is 0 Å². The number of ether oxygens (including phenoxy) is 2. The predicted molar refractivity (Wildman–Crippen MR) is 137 cm³/mol. The highest BCUT2D eigenvalue weighted by Crippen LogP contribution is 2.42. The smallest absolute Gasteiger partial charge is 0.436 e. The summed E-state index contributed by atoms with van der Waals surface area (Å²) in [6.07, 6.45) is 6.75.